The Morgan fingerprint density at radius 3 is 2.72 bits per heavy atom. The predicted molar refractivity (Wildman–Crippen MR) is 74.7 cm³/mol. The molecule has 1 heterocycles. The summed E-state index contributed by atoms with van der Waals surface area (Å²) < 4.78 is 27.2. The van der Waals surface area contributed by atoms with Gasteiger partial charge in [0.15, 0.2) is 0 Å². The summed E-state index contributed by atoms with van der Waals surface area (Å²) in [6.07, 6.45) is 1.46. The number of aromatic nitrogens is 1. The number of anilines is 1. The first-order valence-corrected chi connectivity index (χ1v) is 7.59. The molecule has 6 nitrogen and oxygen atoms in total. The van der Waals surface area contributed by atoms with Crippen LogP contribution in [0.1, 0.15) is 6.92 Å². The molecule has 8 heteroatoms. The van der Waals surface area contributed by atoms with Crippen molar-refractivity contribution in [3.63, 3.8) is 0 Å². The lowest BCUT2D eigenvalue weighted by molar-refractivity contribution is 0.314. The molecule has 0 spiro atoms. The van der Waals surface area contributed by atoms with Gasteiger partial charge in [0.2, 0.25) is 10.0 Å². The van der Waals surface area contributed by atoms with E-state index >= 15 is 0 Å². The van der Waals surface area contributed by atoms with Crippen molar-refractivity contribution in [1.82, 2.24) is 14.6 Å². The second-order valence-corrected chi connectivity index (χ2v) is 6.85. The van der Waals surface area contributed by atoms with Crippen LogP contribution >= 0.6 is 15.9 Å². The van der Waals surface area contributed by atoms with Crippen molar-refractivity contribution in [3.05, 3.63) is 16.7 Å². The van der Waals surface area contributed by atoms with E-state index in [1.807, 2.05) is 25.9 Å². The van der Waals surface area contributed by atoms with Crippen LogP contribution in [0.15, 0.2) is 21.6 Å². The highest BCUT2D eigenvalue weighted by Crippen LogP contribution is 2.20. The van der Waals surface area contributed by atoms with Gasteiger partial charge in [-0.1, -0.05) is 0 Å². The van der Waals surface area contributed by atoms with Gasteiger partial charge in [0, 0.05) is 23.3 Å². The van der Waals surface area contributed by atoms with E-state index < -0.39 is 10.0 Å². The van der Waals surface area contributed by atoms with E-state index in [2.05, 4.69) is 25.6 Å². The van der Waals surface area contributed by atoms with Crippen LogP contribution in [-0.2, 0) is 10.0 Å². The van der Waals surface area contributed by atoms with Crippen molar-refractivity contribution in [2.24, 2.45) is 0 Å². The zero-order chi connectivity index (χ0) is 13.9. The van der Waals surface area contributed by atoms with Crippen molar-refractivity contribution in [1.29, 1.82) is 0 Å². The number of nitrogens with zero attached hydrogens (tertiary/aromatic N) is 2. The highest BCUT2D eigenvalue weighted by molar-refractivity contribution is 9.10. The lowest BCUT2D eigenvalue weighted by Gasteiger charge is -2.20. The number of halogens is 1. The van der Waals surface area contributed by atoms with Gasteiger partial charge in [-0.2, -0.15) is 0 Å². The van der Waals surface area contributed by atoms with Crippen LogP contribution in [0.5, 0.6) is 0 Å². The molecule has 0 amide bonds. The lowest BCUT2D eigenvalue weighted by Crippen LogP contribution is -2.38. The third-order valence-corrected chi connectivity index (χ3v) is 4.47. The molecule has 0 saturated carbocycles. The summed E-state index contributed by atoms with van der Waals surface area (Å²) in [6, 6.07) is 1.52. The van der Waals surface area contributed by atoms with E-state index in [1.165, 1.54) is 12.3 Å². The van der Waals surface area contributed by atoms with Gasteiger partial charge >= 0.3 is 0 Å². The molecule has 1 rings (SSSR count). The minimum Gasteiger partial charge on any atom is -0.383 e. The molecule has 0 fully saturated rings. The monoisotopic (exact) mass is 336 g/mol. The van der Waals surface area contributed by atoms with Gasteiger partial charge in [-0.25, -0.2) is 18.1 Å². The molecule has 0 aliphatic rings. The molecule has 0 aromatic carbocycles. The summed E-state index contributed by atoms with van der Waals surface area (Å²) in [5.41, 5.74) is 5.58. The van der Waals surface area contributed by atoms with E-state index in [0.717, 1.165) is 0 Å². The number of pyridine rings is 1. The van der Waals surface area contributed by atoms with E-state index in [9.17, 15) is 8.42 Å². The maximum Gasteiger partial charge on any atom is 0.244 e. The number of nitrogens with two attached hydrogens (primary N) is 1. The first-order chi connectivity index (χ1) is 8.24. The number of rotatable bonds is 5. The van der Waals surface area contributed by atoms with Crippen LogP contribution in [0, 0.1) is 0 Å². The summed E-state index contributed by atoms with van der Waals surface area (Å²) in [4.78, 5) is 5.72. The second-order valence-electron chi connectivity index (χ2n) is 4.20. The number of hydrogen-bond acceptors (Lipinski definition) is 5. The van der Waals surface area contributed by atoms with Gasteiger partial charge in [0.25, 0.3) is 0 Å². The normalized spacial score (nSPS) is 13.8. The largest absolute Gasteiger partial charge is 0.383 e. The molecule has 102 valence electrons. The Morgan fingerprint density at radius 2 is 2.17 bits per heavy atom. The number of hydrogen-bond donors (Lipinski definition) is 2. The van der Waals surface area contributed by atoms with E-state index in [1.54, 1.807) is 0 Å². The molecule has 0 bridgehead atoms. The van der Waals surface area contributed by atoms with Crippen LogP contribution in [0.3, 0.4) is 0 Å². The molecule has 0 radical (unpaired) electrons. The fourth-order valence-corrected chi connectivity index (χ4v) is 2.85. The number of sulfonamides is 1. The van der Waals surface area contributed by atoms with E-state index in [0.29, 0.717) is 11.0 Å². The Morgan fingerprint density at radius 1 is 1.56 bits per heavy atom. The standard InChI is InChI=1S/C10H17BrN4O2S/c1-7(15(2)3)5-14-18(16,17)9-4-8(11)6-13-10(9)12/h4,6-7,14H,5H2,1-3H3,(H2,12,13). The molecule has 1 unspecified atom stereocenters. The fourth-order valence-electron chi connectivity index (χ4n) is 1.14. The van der Waals surface area contributed by atoms with Crippen LogP contribution in [0.2, 0.25) is 0 Å². The SMILES string of the molecule is CC(CNS(=O)(=O)c1cc(Br)cnc1N)N(C)C. The van der Waals surface area contributed by atoms with Crippen molar-refractivity contribution >= 4 is 31.8 Å². The smallest absolute Gasteiger partial charge is 0.244 e. The van der Waals surface area contributed by atoms with Gasteiger partial charge in [-0.15, -0.1) is 0 Å². The summed E-state index contributed by atoms with van der Waals surface area (Å²) in [5, 5.41) is 0. The van der Waals surface area contributed by atoms with Gasteiger partial charge < -0.3 is 10.6 Å². The Kier molecular flexibility index (Phi) is 5.09. The Bertz CT molecular complexity index is 519. The number of nitrogens with one attached hydrogen (secondary N) is 1. The van der Waals surface area contributed by atoms with Crippen LogP contribution in [0.4, 0.5) is 5.82 Å². The summed E-state index contributed by atoms with van der Waals surface area (Å²) >= 11 is 3.17. The van der Waals surface area contributed by atoms with Crippen LogP contribution in [0.25, 0.3) is 0 Å². The average Bonchev–Trinajstić information content (AvgIpc) is 2.29. The average molecular weight is 337 g/mol. The van der Waals surface area contributed by atoms with Crippen molar-refractivity contribution < 1.29 is 8.42 Å². The molecule has 0 aliphatic heterocycles. The van der Waals surface area contributed by atoms with Gasteiger partial charge in [0.1, 0.15) is 10.7 Å². The number of likely N-dealkylation sites (N-methyl/N-ethyl adjacent to an activating group) is 1. The lowest BCUT2D eigenvalue weighted by atomic mass is 10.3. The van der Waals surface area contributed by atoms with Crippen molar-refractivity contribution in [2.45, 2.75) is 17.9 Å². The molecular weight excluding hydrogens is 320 g/mol. The Labute approximate surface area is 116 Å². The van der Waals surface area contributed by atoms with E-state index in [-0.39, 0.29) is 16.8 Å². The Balaban J connectivity index is 2.90. The third kappa shape index (κ3) is 3.91. The van der Waals surface area contributed by atoms with Gasteiger partial charge in [-0.3, -0.25) is 0 Å². The van der Waals surface area contributed by atoms with Gasteiger partial charge in [0.05, 0.1) is 0 Å². The zero-order valence-electron chi connectivity index (χ0n) is 10.5. The highest BCUT2D eigenvalue weighted by atomic mass is 79.9. The van der Waals surface area contributed by atoms with Gasteiger partial charge in [-0.05, 0) is 43.0 Å². The zero-order valence-corrected chi connectivity index (χ0v) is 12.9. The maximum absolute atomic E-state index is 12.1. The molecule has 18 heavy (non-hydrogen) atoms. The number of nitrogen functional groups attached to an aromatic ring is 1. The van der Waals surface area contributed by atoms with Crippen molar-refractivity contribution in [2.75, 3.05) is 26.4 Å². The highest BCUT2D eigenvalue weighted by Gasteiger charge is 2.19. The minimum absolute atomic E-state index is 0.0109. The van der Waals surface area contributed by atoms with Crippen LogP contribution < -0.4 is 10.5 Å². The maximum atomic E-state index is 12.1. The minimum atomic E-state index is -3.64. The molecule has 1 aromatic rings. The topological polar surface area (TPSA) is 88.3 Å². The van der Waals surface area contributed by atoms with E-state index in [4.69, 9.17) is 5.73 Å². The molecule has 0 saturated heterocycles. The second kappa shape index (κ2) is 5.96. The first kappa shape index (κ1) is 15.4. The fraction of sp³-hybridized carbons (Fsp3) is 0.500. The first-order valence-electron chi connectivity index (χ1n) is 5.31. The summed E-state index contributed by atoms with van der Waals surface area (Å²) in [7, 11) is 0.130. The molecule has 3 N–H and O–H groups in total. The van der Waals surface area contributed by atoms with Crippen molar-refractivity contribution in [3.8, 4) is 0 Å². The molecular formula is C10H17BrN4O2S. The predicted octanol–water partition coefficient (Wildman–Crippen LogP) is 0.655. The molecule has 0 aliphatic carbocycles. The van der Waals surface area contributed by atoms with Crippen LogP contribution in [-0.4, -0.2) is 45.0 Å². The quantitative estimate of drug-likeness (QED) is 0.824. The molecule has 1 atom stereocenters. The Hall–Kier alpha value is -0.700. The third-order valence-electron chi connectivity index (χ3n) is 2.59. The summed E-state index contributed by atoms with van der Waals surface area (Å²) in [5.74, 6) is -0.0109. The molecule has 1 aromatic heterocycles. The summed E-state index contributed by atoms with van der Waals surface area (Å²) in [6.45, 7) is 2.23.